The van der Waals surface area contributed by atoms with Crippen molar-refractivity contribution in [3.05, 3.63) is 46.8 Å². The van der Waals surface area contributed by atoms with Crippen molar-refractivity contribution in [1.82, 2.24) is 9.97 Å². The lowest BCUT2D eigenvalue weighted by Crippen LogP contribution is -2.37. The van der Waals surface area contributed by atoms with Crippen LogP contribution in [-0.4, -0.2) is 47.3 Å². The first-order valence-electron chi connectivity index (χ1n) is 8.16. The van der Waals surface area contributed by atoms with Crippen molar-refractivity contribution in [2.75, 3.05) is 31.2 Å². The Kier molecular flexibility index (Phi) is 5.14. The zero-order valence-corrected chi connectivity index (χ0v) is 14.4. The highest BCUT2D eigenvalue weighted by molar-refractivity contribution is 5.88. The lowest BCUT2D eigenvalue weighted by Gasteiger charge is -2.27. The number of aromatic nitrogens is 2. The van der Waals surface area contributed by atoms with E-state index in [1.54, 1.807) is 0 Å². The summed E-state index contributed by atoms with van der Waals surface area (Å²) >= 11 is 0. The molecule has 1 aliphatic rings. The third kappa shape index (κ3) is 4.06. The van der Waals surface area contributed by atoms with Crippen molar-refractivity contribution >= 4 is 11.9 Å². The number of carboxylic acids is 1. The first kappa shape index (κ1) is 17.2. The van der Waals surface area contributed by atoms with Crippen LogP contribution >= 0.6 is 0 Å². The van der Waals surface area contributed by atoms with Gasteiger partial charge in [0.05, 0.1) is 18.9 Å². The quantitative estimate of drug-likeness (QED) is 0.891. The number of anilines is 1. The normalized spacial score (nSPS) is 14.4. The Morgan fingerprint density at radius 2 is 2.08 bits per heavy atom. The molecular weight excluding hydrogens is 322 g/mol. The standard InChI is InChI=1S/C18H21N3O4/c1-12-3-4-16(13(2)9-12)25-11-15-14(17(22)23)10-19-18(20-15)21-5-7-24-8-6-21/h3-4,9-10H,5-8,11H2,1-2H3,(H,22,23). The number of carbonyl (C=O) groups is 1. The molecule has 0 unspecified atom stereocenters. The molecule has 25 heavy (non-hydrogen) atoms. The number of morpholine rings is 1. The number of carboxylic acid groups (broad SMARTS) is 1. The largest absolute Gasteiger partial charge is 0.487 e. The van der Waals surface area contributed by atoms with Gasteiger partial charge in [0.2, 0.25) is 5.95 Å². The number of aromatic carboxylic acids is 1. The maximum Gasteiger partial charge on any atom is 0.339 e. The van der Waals surface area contributed by atoms with Gasteiger partial charge in [-0.1, -0.05) is 17.7 Å². The Morgan fingerprint density at radius 3 is 2.76 bits per heavy atom. The first-order valence-corrected chi connectivity index (χ1v) is 8.16. The lowest BCUT2D eigenvalue weighted by molar-refractivity contribution is 0.0692. The summed E-state index contributed by atoms with van der Waals surface area (Å²) in [5.74, 6) is 0.161. The Bertz CT molecular complexity index is 773. The van der Waals surface area contributed by atoms with Crippen LogP contribution in [0.4, 0.5) is 5.95 Å². The molecule has 1 N–H and O–H groups in total. The van der Waals surface area contributed by atoms with Crippen LogP contribution in [0.1, 0.15) is 27.2 Å². The van der Waals surface area contributed by atoms with Gasteiger partial charge in [-0.25, -0.2) is 14.8 Å². The fraction of sp³-hybridized carbons (Fsp3) is 0.389. The highest BCUT2D eigenvalue weighted by Gasteiger charge is 2.19. The van der Waals surface area contributed by atoms with Gasteiger partial charge in [-0.2, -0.15) is 0 Å². The van der Waals surface area contributed by atoms with E-state index in [9.17, 15) is 9.90 Å². The van der Waals surface area contributed by atoms with Crippen LogP contribution in [-0.2, 0) is 11.3 Å². The molecule has 0 bridgehead atoms. The summed E-state index contributed by atoms with van der Waals surface area (Å²) in [5.41, 5.74) is 2.57. The Hall–Kier alpha value is -2.67. The maximum atomic E-state index is 11.5. The SMILES string of the molecule is Cc1ccc(OCc2nc(N3CCOCC3)ncc2C(=O)O)c(C)c1. The topological polar surface area (TPSA) is 84.8 Å². The molecule has 1 aromatic heterocycles. The van der Waals surface area contributed by atoms with Gasteiger partial charge in [0.1, 0.15) is 17.9 Å². The summed E-state index contributed by atoms with van der Waals surface area (Å²) in [4.78, 5) is 22.1. The fourth-order valence-corrected chi connectivity index (χ4v) is 2.72. The molecule has 3 rings (SSSR count). The van der Waals surface area contributed by atoms with E-state index in [2.05, 4.69) is 9.97 Å². The molecule has 2 heterocycles. The number of rotatable bonds is 5. The van der Waals surface area contributed by atoms with E-state index in [1.807, 2.05) is 36.9 Å². The zero-order valence-electron chi connectivity index (χ0n) is 14.4. The Balaban J connectivity index is 1.83. The molecule has 1 aliphatic heterocycles. The molecular formula is C18H21N3O4. The van der Waals surface area contributed by atoms with Crippen LogP contribution in [0.3, 0.4) is 0 Å². The van der Waals surface area contributed by atoms with Crippen LogP contribution in [0.15, 0.2) is 24.4 Å². The maximum absolute atomic E-state index is 11.5. The van der Waals surface area contributed by atoms with Crippen LogP contribution in [0.25, 0.3) is 0 Å². The summed E-state index contributed by atoms with van der Waals surface area (Å²) in [7, 11) is 0. The second-order valence-electron chi connectivity index (χ2n) is 5.99. The second-order valence-corrected chi connectivity index (χ2v) is 5.99. The molecule has 0 spiro atoms. The number of benzene rings is 1. The van der Waals surface area contributed by atoms with Gasteiger partial charge in [0.15, 0.2) is 0 Å². The van der Waals surface area contributed by atoms with E-state index >= 15 is 0 Å². The van der Waals surface area contributed by atoms with Crippen LogP contribution < -0.4 is 9.64 Å². The average molecular weight is 343 g/mol. The van der Waals surface area contributed by atoms with Crippen molar-refractivity contribution in [3.8, 4) is 5.75 Å². The average Bonchev–Trinajstić information content (AvgIpc) is 2.61. The van der Waals surface area contributed by atoms with Gasteiger partial charge in [-0.05, 0) is 25.5 Å². The van der Waals surface area contributed by atoms with Crippen LogP contribution in [0, 0.1) is 13.8 Å². The van der Waals surface area contributed by atoms with Crippen molar-refractivity contribution in [3.63, 3.8) is 0 Å². The van der Waals surface area contributed by atoms with E-state index in [4.69, 9.17) is 9.47 Å². The summed E-state index contributed by atoms with van der Waals surface area (Å²) in [6.45, 7) is 6.63. The summed E-state index contributed by atoms with van der Waals surface area (Å²) in [6.07, 6.45) is 1.35. The van der Waals surface area contributed by atoms with Gasteiger partial charge in [0.25, 0.3) is 0 Å². The van der Waals surface area contributed by atoms with E-state index in [0.717, 1.165) is 11.1 Å². The van der Waals surface area contributed by atoms with Gasteiger partial charge >= 0.3 is 5.97 Å². The smallest absolute Gasteiger partial charge is 0.339 e. The number of hydrogen-bond acceptors (Lipinski definition) is 6. The van der Waals surface area contributed by atoms with Crippen molar-refractivity contribution < 1.29 is 19.4 Å². The van der Waals surface area contributed by atoms with Gasteiger partial charge in [-0.3, -0.25) is 0 Å². The third-order valence-electron chi connectivity index (χ3n) is 4.07. The van der Waals surface area contributed by atoms with E-state index in [1.165, 1.54) is 6.20 Å². The van der Waals surface area contributed by atoms with Crippen molar-refractivity contribution in [1.29, 1.82) is 0 Å². The monoisotopic (exact) mass is 343 g/mol. The number of hydrogen-bond donors (Lipinski definition) is 1. The highest BCUT2D eigenvalue weighted by atomic mass is 16.5. The predicted molar refractivity (Wildman–Crippen MR) is 92.3 cm³/mol. The van der Waals surface area contributed by atoms with Crippen LogP contribution in [0.2, 0.25) is 0 Å². The van der Waals surface area contributed by atoms with E-state index < -0.39 is 5.97 Å². The van der Waals surface area contributed by atoms with E-state index in [-0.39, 0.29) is 12.2 Å². The zero-order chi connectivity index (χ0) is 17.8. The third-order valence-corrected chi connectivity index (χ3v) is 4.07. The highest BCUT2D eigenvalue weighted by Crippen LogP contribution is 2.21. The predicted octanol–water partition coefficient (Wildman–Crippen LogP) is 2.21. The summed E-state index contributed by atoms with van der Waals surface area (Å²) in [6, 6.07) is 5.86. The Labute approximate surface area is 146 Å². The molecule has 7 heteroatoms. The van der Waals surface area contributed by atoms with Gasteiger partial charge < -0.3 is 19.5 Å². The van der Waals surface area contributed by atoms with Crippen molar-refractivity contribution in [2.45, 2.75) is 20.5 Å². The molecule has 7 nitrogen and oxygen atoms in total. The number of ether oxygens (including phenoxy) is 2. The van der Waals surface area contributed by atoms with E-state index in [0.29, 0.717) is 43.7 Å². The molecule has 0 aliphatic carbocycles. The number of aryl methyl sites for hydroxylation is 2. The second kappa shape index (κ2) is 7.48. The molecule has 1 aromatic carbocycles. The Morgan fingerprint density at radius 1 is 1.32 bits per heavy atom. The lowest BCUT2D eigenvalue weighted by atomic mass is 10.1. The van der Waals surface area contributed by atoms with Gasteiger partial charge in [-0.15, -0.1) is 0 Å². The minimum absolute atomic E-state index is 0.0572. The molecule has 132 valence electrons. The minimum Gasteiger partial charge on any atom is -0.487 e. The molecule has 1 fully saturated rings. The summed E-state index contributed by atoms with van der Waals surface area (Å²) in [5, 5.41) is 9.39. The van der Waals surface area contributed by atoms with Crippen LogP contribution in [0.5, 0.6) is 5.75 Å². The minimum atomic E-state index is -1.06. The molecule has 0 atom stereocenters. The number of nitrogens with zero attached hydrogens (tertiary/aromatic N) is 3. The fourth-order valence-electron chi connectivity index (χ4n) is 2.72. The molecule has 0 radical (unpaired) electrons. The molecule has 0 saturated carbocycles. The summed E-state index contributed by atoms with van der Waals surface area (Å²) < 4.78 is 11.1. The molecule has 0 amide bonds. The van der Waals surface area contributed by atoms with Crippen molar-refractivity contribution in [2.24, 2.45) is 0 Å². The molecule has 1 saturated heterocycles. The first-order chi connectivity index (χ1) is 12.0. The van der Waals surface area contributed by atoms with Gasteiger partial charge in [0, 0.05) is 19.3 Å². The molecule has 2 aromatic rings.